The topological polar surface area (TPSA) is 54.9 Å². The molecule has 1 amide bonds. The molecule has 0 atom stereocenters. The van der Waals surface area contributed by atoms with E-state index in [1.165, 1.54) is 4.90 Å². The van der Waals surface area contributed by atoms with Gasteiger partial charge in [-0.3, -0.25) is 4.79 Å². The molecular formula is C24H19N3OS. The average Bonchev–Trinajstić information content (AvgIpc) is 2.80. The third-order valence-corrected chi connectivity index (χ3v) is 5.15. The number of hydrogen-bond donors (Lipinski definition) is 1. The molecule has 0 spiro atoms. The minimum Gasteiger partial charge on any atom is -0.321 e. The van der Waals surface area contributed by atoms with Gasteiger partial charge in [0.05, 0.1) is 17.1 Å². The van der Waals surface area contributed by atoms with Crippen LogP contribution in [0.15, 0.2) is 95.9 Å². The lowest BCUT2D eigenvalue weighted by atomic mass is 10.1. The van der Waals surface area contributed by atoms with Gasteiger partial charge in [-0.1, -0.05) is 42.5 Å². The molecule has 0 bridgehead atoms. The first-order chi connectivity index (χ1) is 14.2. The zero-order valence-corrected chi connectivity index (χ0v) is 16.7. The van der Waals surface area contributed by atoms with Crippen LogP contribution in [0, 0.1) is 0 Å². The van der Waals surface area contributed by atoms with Gasteiger partial charge in [-0.05, 0) is 54.8 Å². The van der Waals surface area contributed by atoms with Gasteiger partial charge in [-0.15, -0.1) is 11.8 Å². The second-order valence-electron chi connectivity index (χ2n) is 6.36. The maximum Gasteiger partial charge on any atom is 0.274 e. The summed E-state index contributed by atoms with van der Waals surface area (Å²) in [6.07, 6.45) is 2.06. The van der Waals surface area contributed by atoms with Crippen molar-refractivity contribution in [1.29, 1.82) is 0 Å². The van der Waals surface area contributed by atoms with Gasteiger partial charge in [0.25, 0.3) is 5.91 Å². The summed E-state index contributed by atoms with van der Waals surface area (Å²) < 4.78 is 0. The first kappa shape index (κ1) is 18.9. The summed E-state index contributed by atoms with van der Waals surface area (Å²) >= 11 is 1.71. The Morgan fingerprint density at radius 3 is 2.10 bits per heavy atom. The van der Waals surface area contributed by atoms with Crippen LogP contribution in [-0.4, -0.2) is 22.1 Å². The highest BCUT2D eigenvalue weighted by molar-refractivity contribution is 7.98. The van der Waals surface area contributed by atoms with Crippen LogP contribution in [0.5, 0.6) is 0 Å². The lowest BCUT2D eigenvalue weighted by Crippen LogP contribution is -2.13. The van der Waals surface area contributed by atoms with Crippen molar-refractivity contribution >= 4 is 23.4 Å². The third kappa shape index (κ3) is 4.52. The van der Waals surface area contributed by atoms with E-state index in [9.17, 15) is 4.79 Å². The van der Waals surface area contributed by atoms with Crippen molar-refractivity contribution in [3.63, 3.8) is 0 Å². The summed E-state index contributed by atoms with van der Waals surface area (Å²) in [5.41, 5.74) is 4.39. The number of para-hydroxylation sites is 1. The first-order valence-electron chi connectivity index (χ1n) is 9.18. The molecule has 0 fully saturated rings. The smallest absolute Gasteiger partial charge is 0.274 e. The lowest BCUT2D eigenvalue weighted by molar-refractivity contribution is 0.102. The van der Waals surface area contributed by atoms with E-state index in [0.29, 0.717) is 11.4 Å². The third-order valence-electron chi connectivity index (χ3n) is 4.41. The molecule has 0 aliphatic rings. The molecule has 4 rings (SSSR count). The number of nitrogens with zero attached hydrogens (tertiary/aromatic N) is 2. The van der Waals surface area contributed by atoms with Gasteiger partial charge in [-0.2, -0.15) is 0 Å². The van der Waals surface area contributed by atoms with Crippen molar-refractivity contribution in [2.24, 2.45) is 0 Å². The van der Waals surface area contributed by atoms with Gasteiger partial charge in [0.15, 0.2) is 0 Å². The Kier molecular flexibility index (Phi) is 5.68. The summed E-state index contributed by atoms with van der Waals surface area (Å²) in [4.78, 5) is 23.0. The summed E-state index contributed by atoms with van der Waals surface area (Å²) in [7, 11) is 0. The molecule has 0 aliphatic heterocycles. The number of amides is 1. The number of hydrogen-bond acceptors (Lipinski definition) is 4. The fourth-order valence-corrected chi connectivity index (χ4v) is 3.33. The molecule has 2 aromatic heterocycles. The van der Waals surface area contributed by atoms with Crippen LogP contribution in [0.4, 0.5) is 5.69 Å². The van der Waals surface area contributed by atoms with Crippen LogP contribution < -0.4 is 5.32 Å². The highest BCUT2D eigenvalue weighted by Crippen LogP contribution is 2.24. The fraction of sp³-hybridized carbons (Fsp3) is 0.0417. The number of carbonyl (C=O) groups is 1. The molecule has 1 N–H and O–H groups in total. The summed E-state index contributed by atoms with van der Waals surface area (Å²) in [6, 6.07) is 28.9. The van der Waals surface area contributed by atoms with Crippen LogP contribution in [0.1, 0.15) is 10.5 Å². The van der Waals surface area contributed by atoms with E-state index in [4.69, 9.17) is 4.98 Å². The maximum atomic E-state index is 12.6. The Balaban J connectivity index is 1.60. The van der Waals surface area contributed by atoms with Crippen molar-refractivity contribution in [2.75, 3.05) is 11.6 Å². The molecule has 0 aliphatic carbocycles. The summed E-state index contributed by atoms with van der Waals surface area (Å²) in [5.74, 6) is -0.248. The van der Waals surface area contributed by atoms with Gasteiger partial charge < -0.3 is 5.32 Å². The fourth-order valence-electron chi connectivity index (χ4n) is 2.92. The van der Waals surface area contributed by atoms with Gasteiger partial charge in [0.1, 0.15) is 5.69 Å². The number of nitrogens with one attached hydrogen (secondary N) is 1. The second kappa shape index (κ2) is 8.71. The molecule has 29 heavy (non-hydrogen) atoms. The minimum atomic E-state index is -0.248. The zero-order chi connectivity index (χ0) is 20.1. The molecule has 2 aromatic carbocycles. The van der Waals surface area contributed by atoms with Crippen LogP contribution >= 0.6 is 11.8 Å². The number of rotatable bonds is 5. The molecule has 2 heterocycles. The van der Waals surface area contributed by atoms with E-state index in [1.807, 2.05) is 60.7 Å². The van der Waals surface area contributed by atoms with Crippen molar-refractivity contribution in [3.8, 4) is 22.6 Å². The average molecular weight is 398 g/mol. The van der Waals surface area contributed by atoms with Crippen LogP contribution in [0.3, 0.4) is 0 Å². The second-order valence-corrected chi connectivity index (χ2v) is 7.24. The highest BCUT2D eigenvalue weighted by Gasteiger charge is 2.11. The molecule has 0 saturated heterocycles. The number of carbonyl (C=O) groups excluding carboxylic acids is 1. The predicted molar refractivity (Wildman–Crippen MR) is 119 cm³/mol. The van der Waals surface area contributed by atoms with Crippen LogP contribution in [0.2, 0.25) is 0 Å². The summed E-state index contributed by atoms with van der Waals surface area (Å²) in [5, 5.41) is 2.86. The predicted octanol–water partition coefficient (Wildman–Crippen LogP) is 5.78. The van der Waals surface area contributed by atoms with E-state index < -0.39 is 0 Å². The number of benzene rings is 2. The van der Waals surface area contributed by atoms with Crippen molar-refractivity contribution < 1.29 is 4.79 Å². The van der Waals surface area contributed by atoms with Crippen LogP contribution in [0.25, 0.3) is 22.6 Å². The van der Waals surface area contributed by atoms with Crippen molar-refractivity contribution in [2.45, 2.75) is 4.90 Å². The van der Waals surface area contributed by atoms with E-state index in [2.05, 4.69) is 40.8 Å². The molecule has 0 radical (unpaired) electrons. The van der Waals surface area contributed by atoms with E-state index >= 15 is 0 Å². The van der Waals surface area contributed by atoms with Crippen molar-refractivity contribution in [3.05, 3.63) is 96.7 Å². The molecule has 142 valence electrons. The first-order valence-corrected chi connectivity index (χ1v) is 10.4. The number of thioether (sulfide) groups is 1. The quantitative estimate of drug-likeness (QED) is 0.433. The monoisotopic (exact) mass is 397 g/mol. The van der Waals surface area contributed by atoms with Gasteiger partial charge in [0.2, 0.25) is 0 Å². The van der Waals surface area contributed by atoms with E-state index in [1.54, 1.807) is 17.8 Å². The van der Waals surface area contributed by atoms with Crippen molar-refractivity contribution in [1.82, 2.24) is 9.97 Å². The SMILES string of the molecule is CSc1ccc(-c2cccc(-c3cccc(C(=O)Nc4ccccc4)n3)n2)cc1. The minimum absolute atomic E-state index is 0.248. The molecular weight excluding hydrogens is 378 g/mol. The Morgan fingerprint density at radius 2 is 1.38 bits per heavy atom. The van der Waals surface area contributed by atoms with Gasteiger partial charge in [-0.25, -0.2) is 9.97 Å². The Labute approximate surface area is 174 Å². The van der Waals surface area contributed by atoms with E-state index in [-0.39, 0.29) is 5.91 Å². The largest absolute Gasteiger partial charge is 0.321 e. The standard InChI is InChI=1S/C24H19N3OS/c1-29-19-15-13-17(14-16-19)20-9-5-10-21(26-20)22-11-6-12-23(27-22)24(28)25-18-7-3-2-4-8-18/h2-16H,1H3,(H,25,28). The Bertz CT molecular complexity index is 1130. The van der Waals surface area contributed by atoms with Gasteiger partial charge in [0, 0.05) is 16.1 Å². The number of anilines is 1. The van der Waals surface area contributed by atoms with Crippen LogP contribution in [-0.2, 0) is 0 Å². The zero-order valence-electron chi connectivity index (χ0n) is 15.9. The summed E-state index contributed by atoms with van der Waals surface area (Å²) in [6.45, 7) is 0. The van der Waals surface area contributed by atoms with Gasteiger partial charge >= 0.3 is 0 Å². The lowest BCUT2D eigenvalue weighted by Gasteiger charge is -2.08. The molecule has 0 unspecified atom stereocenters. The maximum absolute atomic E-state index is 12.6. The number of pyridine rings is 2. The number of aromatic nitrogens is 2. The Morgan fingerprint density at radius 1 is 0.724 bits per heavy atom. The van der Waals surface area contributed by atoms with E-state index in [0.717, 1.165) is 22.6 Å². The Hall–Kier alpha value is -3.44. The molecule has 4 nitrogen and oxygen atoms in total. The highest BCUT2D eigenvalue weighted by atomic mass is 32.2. The molecule has 0 saturated carbocycles. The normalized spacial score (nSPS) is 10.5. The molecule has 5 heteroatoms. The molecule has 4 aromatic rings.